The smallest absolute Gasteiger partial charge is 0.359 e. The lowest BCUT2D eigenvalue weighted by Crippen LogP contribution is -2.31. The highest BCUT2D eigenvalue weighted by Gasteiger charge is 2.23. The molecule has 0 spiro atoms. The van der Waals surface area contributed by atoms with Gasteiger partial charge in [-0.1, -0.05) is 18.6 Å². The van der Waals surface area contributed by atoms with E-state index < -0.39 is 0 Å². The average molecular weight is 329 g/mol. The quantitative estimate of drug-likeness (QED) is 0.623. The van der Waals surface area contributed by atoms with Crippen LogP contribution in [-0.4, -0.2) is 53.5 Å². The molecule has 0 radical (unpaired) electrons. The predicted octanol–water partition coefficient (Wildman–Crippen LogP) is 2.46. The minimum Gasteiger partial charge on any atom is -0.489 e. The molecule has 24 heavy (non-hydrogen) atoms. The van der Waals surface area contributed by atoms with E-state index in [1.165, 1.54) is 32.4 Å². The zero-order chi connectivity index (χ0) is 16.4. The average Bonchev–Trinajstić information content (AvgIpc) is 3.01. The van der Waals surface area contributed by atoms with Crippen LogP contribution in [0.1, 0.15) is 36.2 Å². The lowest BCUT2D eigenvalue weighted by molar-refractivity contribution is 0.0479. The number of esters is 1. The second-order valence-electron chi connectivity index (χ2n) is 6.46. The van der Waals surface area contributed by atoms with Crippen molar-refractivity contribution in [2.24, 2.45) is 0 Å². The minimum atomic E-state index is -0.337. The van der Waals surface area contributed by atoms with E-state index in [0.717, 1.165) is 29.6 Å². The van der Waals surface area contributed by atoms with Crippen molar-refractivity contribution in [3.8, 4) is 5.75 Å². The molecule has 2 aliphatic heterocycles. The van der Waals surface area contributed by atoms with Crippen LogP contribution in [0.2, 0.25) is 0 Å². The largest absolute Gasteiger partial charge is 0.489 e. The molecular formula is C18H23N3O3. The molecule has 0 aliphatic carbocycles. The fourth-order valence-corrected chi connectivity index (χ4v) is 3.58. The Balaban J connectivity index is 1.38. The van der Waals surface area contributed by atoms with Gasteiger partial charge in [0.1, 0.15) is 17.9 Å². The minimum absolute atomic E-state index is 0.337. The molecule has 2 aromatic rings. The van der Waals surface area contributed by atoms with Crippen molar-refractivity contribution in [3.63, 3.8) is 0 Å². The zero-order valence-electron chi connectivity index (χ0n) is 13.9. The highest BCUT2D eigenvalue weighted by molar-refractivity contribution is 6.03. The predicted molar refractivity (Wildman–Crippen MR) is 90.4 cm³/mol. The van der Waals surface area contributed by atoms with Crippen molar-refractivity contribution in [2.45, 2.75) is 32.2 Å². The van der Waals surface area contributed by atoms with Crippen LogP contribution < -0.4 is 4.74 Å². The number of rotatable bonds is 5. The molecule has 0 unspecified atom stereocenters. The lowest BCUT2D eigenvalue weighted by atomic mass is 10.1. The summed E-state index contributed by atoms with van der Waals surface area (Å²) >= 11 is 0. The maximum Gasteiger partial charge on any atom is 0.359 e. The van der Waals surface area contributed by atoms with Crippen molar-refractivity contribution in [1.29, 1.82) is 0 Å². The summed E-state index contributed by atoms with van der Waals surface area (Å²) in [5, 5.41) is 5.25. The molecular weight excluding hydrogens is 306 g/mol. The molecule has 6 heteroatoms. The first-order valence-electron chi connectivity index (χ1n) is 8.85. The highest BCUT2D eigenvalue weighted by Crippen LogP contribution is 2.30. The van der Waals surface area contributed by atoms with Gasteiger partial charge in [0.15, 0.2) is 5.69 Å². The number of hydrogen-bond acceptors (Lipinski definition) is 5. The Kier molecular flexibility index (Phi) is 4.38. The van der Waals surface area contributed by atoms with Gasteiger partial charge in [-0.25, -0.2) is 4.79 Å². The van der Waals surface area contributed by atoms with Crippen molar-refractivity contribution in [2.75, 3.05) is 32.8 Å². The summed E-state index contributed by atoms with van der Waals surface area (Å²) < 4.78 is 12.9. The van der Waals surface area contributed by atoms with E-state index in [9.17, 15) is 4.79 Å². The second kappa shape index (κ2) is 6.81. The topological polar surface area (TPSA) is 56.6 Å². The number of nitrogens with zero attached hydrogens (tertiary/aromatic N) is 3. The van der Waals surface area contributed by atoms with Crippen LogP contribution in [-0.2, 0) is 11.3 Å². The number of para-hydroxylation sites is 1. The first kappa shape index (κ1) is 15.4. The molecule has 128 valence electrons. The molecule has 3 heterocycles. The first-order chi connectivity index (χ1) is 11.8. The zero-order valence-corrected chi connectivity index (χ0v) is 13.9. The van der Waals surface area contributed by atoms with Crippen molar-refractivity contribution in [1.82, 2.24) is 14.7 Å². The molecule has 1 aromatic heterocycles. The molecule has 0 saturated carbocycles. The normalized spacial score (nSPS) is 17.7. The number of hydrogen-bond donors (Lipinski definition) is 0. The fourth-order valence-electron chi connectivity index (χ4n) is 3.58. The standard InChI is InChI=1S/C18H23N3O3/c22-18(24-12-5-10-20-8-2-1-3-9-20)16-14-6-4-7-15-17(14)21(19-16)11-13-23-15/h4,6-7H,1-3,5,8-13H2. The van der Waals surface area contributed by atoms with Crippen molar-refractivity contribution < 1.29 is 14.3 Å². The summed E-state index contributed by atoms with van der Waals surface area (Å²) in [7, 11) is 0. The van der Waals surface area contributed by atoms with Gasteiger partial charge < -0.3 is 14.4 Å². The van der Waals surface area contributed by atoms with Crippen molar-refractivity contribution in [3.05, 3.63) is 23.9 Å². The Hall–Kier alpha value is -2.08. The van der Waals surface area contributed by atoms with Crippen LogP contribution in [0.15, 0.2) is 18.2 Å². The van der Waals surface area contributed by atoms with E-state index in [0.29, 0.717) is 25.5 Å². The van der Waals surface area contributed by atoms with E-state index in [2.05, 4.69) is 10.00 Å². The Morgan fingerprint density at radius 2 is 2.08 bits per heavy atom. The lowest BCUT2D eigenvalue weighted by Gasteiger charge is -2.26. The molecule has 2 aliphatic rings. The van der Waals surface area contributed by atoms with Gasteiger partial charge in [-0.2, -0.15) is 5.10 Å². The maximum absolute atomic E-state index is 12.4. The Morgan fingerprint density at radius 3 is 2.96 bits per heavy atom. The van der Waals surface area contributed by atoms with E-state index in [1.807, 2.05) is 22.9 Å². The van der Waals surface area contributed by atoms with Crippen molar-refractivity contribution >= 4 is 16.9 Å². The number of carbonyl (C=O) groups is 1. The third-order valence-corrected chi connectivity index (χ3v) is 4.79. The first-order valence-corrected chi connectivity index (χ1v) is 8.85. The number of carbonyl (C=O) groups excluding carboxylic acids is 1. The summed E-state index contributed by atoms with van der Waals surface area (Å²) in [6.07, 6.45) is 4.78. The van der Waals surface area contributed by atoms with Gasteiger partial charge in [0.25, 0.3) is 0 Å². The van der Waals surface area contributed by atoms with Crippen LogP contribution in [0, 0.1) is 0 Å². The van der Waals surface area contributed by atoms with Gasteiger partial charge in [-0.05, 0) is 38.4 Å². The molecule has 0 N–H and O–H groups in total. The van der Waals surface area contributed by atoms with Gasteiger partial charge in [-0.15, -0.1) is 0 Å². The van der Waals surface area contributed by atoms with Crippen LogP contribution in [0.4, 0.5) is 0 Å². The van der Waals surface area contributed by atoms with E-state index in [4.69, 9.17) is 9.47 Å². The number of aromatic nitrogens is 2. The maximum atomic E-state index is 12.4. The molecule has 0 atom stereocenters. The number of piperidine rings is 1. The third kappa shape index (κ3) is 2.98. The Bertz CT molecular complexity index is 734. The SMILES string of the molecule is O=C(OCCCN1CCCCC1)c1nn2c3c(cccc13)OCC2. The third-order valence-electron chi connectivity index (χ3n) is 4.79. The summed E-state index contributed by atoms with van der Waals surface area (Å²) in [4.78, 5) is 14.9. The van der Waals surface area contributed by atoms with Gasteiger partial charge in [0.2, 0.25) is 0 Å². The Morgan fingerprint density at radius 1 is 1.21 bits per heavy atom. The van der Waals surface area contributed by atoms with E-state index in [1.54, 1.807) is 0 Å². The number of likely N-dealkylation sites (tertiary alicyclic amines) is 1. The van der Waals surface area contributed by atoms with Gasteiger partial charge in [-0.3, -0.25) is 4.68 Å². The van der Waals surface area contributed by atoms with Crippen LogP contribution in [0.3, 0.4) is 0 Å². The number of benzene rings is 1. The fraction of sp³-hybridized carbons (Fsp3) is 0.556. The van der Waals surface area contributed by atoms with Gasteiger partial charge >= 0.3 is 5.97 Å². The number of ether oxygens (including phenoxy) is 2. The molecule has 4 rings (SSSR count). The van der Waals surface area contributed by atoms with Gasteiger partial charge in [0.05, 0.1) is 13.2 Å². The van der Waals surface area contributed by atoms with E-state index in [-0.39, 0.29) is 5.97 Å². The Labute approximate surface area is 141 Å². The molecule has 6 nitrogen and oxygen atoms in total. The monoisotopic (exact) mass is 329 g/mol. The van der Waals surface area contributed by atoms with E-state index >= 15 is 0 Å². The molecule has 0 bridgehead atoms. The van der Waals surface area contributed by atoms with Gasteiger partial charge in [0, 0.05) is 11.9 Å². The molecule has 0 amide bonds. The summed E-state index contributed by atoms with van der Waals surface area (Å²) in [5.74, 6) is 0.451. The molecule has 1 fully saturated rings. The summed E-state index contributed by atoms with van der Waals surface area (Å²) in [6, 6.07) is 5.71. The van der Waals surface area contributed by atoms with Crippen LogP contribution in [0.25, 0.3) is 10.9 Å². The molecule has 1 saturated heterocycles. The highest BCUT2D eigenvalue weighted by atomic mass is 16.5. The summed E-state index contributed by atoms with van der Waals surface area (Å²) in [5.41, 5.74) is 1.29. The second-order valence-corrected chi connectivity index (χ2v) is 6.46. The van der Waals surface area contributed by atoms with Crippen LogP contribution >= 0.6 is 0 Å². The van der Waals surface area contributed by atoms with Crippen LogP contribution in [0.5, 0.6) is 5.75 Å². The molecule has 1 aromatic carbocycles. The summed E-state index contributed by atoms with van der Waals surface area (Å²) in [6.45, 7) is 5.03.